The molecule has 2 nitrogen and oxygen atoms in total. The molecule has 1 aliphatic rings. The van der Waals surface area contributed by atoms with Gasteiger partial charge in [0.15, 0.2) is 0 Å². The van der Waals surface area contributed by atoms with Crippen molar-refractivity contribution in [3.8, 4) is 11.3 Å². The van der Waals surface area contributed by atoms with Gasteiger partial charge in [-0.3, -0.25) is 0 Å². The van der Waals surface area contributed by atoms with E-state index < -0.39 is 0 Å². The van der Waals surface area contributed by atoms with E-state index >= 15 is 0 Å². The van der Waals surface area contributed by atoms with Crippen LogP contribution in [0.1, 0.15) is 24.1 Å². The fourth-order valence-electron chi connectivity index (χ4n) is 2.24. The van der Waals surface area contributed by atoms with Crippen LogP contribution in [0.2, 0.25) is 0 Å². The van der Waals surface area contributed by atoms with Crippen LogP contribution in [0.3, 0.4) is 0 Å². The Labute approximate surface area is 95.4 Å². The highest BCUT2D eigenvalue weighted by atomic mass is 15.1. The first kappa shape index (κ1) is 9.52. The van der Waals surface area contributed by atoms with Crippen LogP contribution in [0, 0.1) is 0 Å². The van der Waals surface area contributed by atoms with Crippen LogP contribution >= 0.6 is 0 Å². The van der Waals surface area contributed by atoms with Crippen molar-refractivity contribution in [2.24, 2.45) is 0 Å². The number of benzene rings is 1. The SMILES string of the molecule is c1ccc(-c2cc3c(nn2)CCCC3)cc1. The van der Waals surface area contributed by atoms with Crippen molar-refractivity contribution in [3.05, 3.63) is 47.7 Å². The largest absolute Gasteiger partial charge is 0.155 e. The lowest BCUT2D eigenvalue weighted by Crippen LogP contribution is -2.07. The molecule has 1 aromatic carbocycles. The standard InChI is InChI=1S/C14H14N2/c1-2-6-11(7-3-1)14-10-12-8-4-5-9-13(12)15-16-14/h1-3,6-7,10H,4-5,8-9H2. The normalized spacial score (nSPS) is 14.5. The Balaban J connectivity index is 2.03. The molecule has 0 aliphatic heterocycles. The minimum atomic E-state index is 1.00. The average molecular weight is 210 g/mol. The second kappa shape index (κ2) is 4.05. The number of hydrogen-bond acceptors (Lipinski definition) is 2. The van der Waals surface area contributed by atoms with Crippen molar-refractivity contribution < 1.29 is 0 Å². The summed E-state index contributed by atoms with van der Waals surface area (Å²) < 4.78 is 0. The Kier molecular flexibility index (Phi) is 2.41. The molecule has 2 aromatic rings. The van der Waals surface area contributed by atoms with Crippen LogP contribution < -0.4 is 0 Å². The minimum Gasteiger partial charge on any atom is -0.155 e. The molecule has 1 aromatic heterocycles. The number of aryl methyl sites for hydroxylation is 2. The molecule has 0 spiro atoms. The highest BCUT2D eigenvalue weighted by Crippen LogP contribution is 2.23. The molecule has 0 atom stereocenters. The van der Waals surface area contributed by atoms with E-state index in [2.05, 4.69) is 28.4 Å². The van der Waals surface area contributed by atoms with E-state index in [4.69, 9.17) is 0 Å². The van der Waals surface area contributed by atoms with Crippen LogP contribution in [-0.4, -0.2) is 10.2 Å². The van der Waals surface area contributed by atoms with E-state index in [1.54, 1.807) is 0 Å². The first-order valence-electron chi connectivity index (χ1n) is 5.84. The first-order chi connectivity index (χ1) is 7.93. The summed E-state index contributed by atoms with van der Waals surface area (Å²) in [5.41, 5.74) is 4.75. The number of aromatic nitrogens is 2. The van der Waals surface area contributed by atoms with E-state index in [0.717, 1.165) is 24.1 Å². The zero-order valence-corrected chi connectivity index (χ0v) is 9.19. The zero-order valence-electron chi connectivity index (χ0n) is 9.19. The van der Waals surface area contributed by atoms with Crippen molar-refractivity contribution in [1.82, 2.24) is 10.2 Å². The second-order valence-electron chi connectivity index (χ2n) is 4.27. The van der Waals surface area contributed by atoms with Gasteiger partial charge in [-0.25, -0.2) is 0 Å². The summed E-state index contributed by atoms with van der Waals surface area (Å²) in [6, 6.07) is 12.5. The van der Waals surface area contributed by atoms with E-state index in [1.165, 1.54) is 24.1 Å². The smallest absolute Gasteiger partial charge is 0.0932 e. The Bertz CT molecular complexity index is 491. The fourth-order valence-corrected chi connectivity index (χ4v) is 2.24. The molecule has 0 fully saturated rings. The average Bonchev–Trinajstić information content (AvgIpc) is 2.39. The van der Waals surface area contributed by atoms with E-state index in [-0.39, 0.29) is 0 Å². The number of rotatable bonds is 1. The van der Waals surface area contributed by atoms with Crippen LogP contribution in [0.4, 0.5) is 0 Å². The van der Waals surface area contributed by atoms with Gasteiger partial charge < -0.3 is 0 Å². The lowest BCUT2D eigenvalue weighted by Gasteiger charge is -2.14. The molecule has 3 rings (SSSR count). The van der Waals surface area contributed by atoms with Gasteiger partial charge in [-0.05, 0) is 37.3 Å². The van der Waals surface area contributed by atoms with Gasteiger partial charge in [0.2, 0.25) is 0 Å². The summed E-state index contributed by atoms with van der Waals surface area (Å²) in [6.07, 6.45) is 4.79. The van der Waals surface area contributed by atoms with Crippen LogP contribution in [0.25, 0.3) is 11.3 Å². The molecule has 1 heterocycles. The van der Waals surface area contributed by atoms with Crippen molar-refractivity contribution in [2.75, 3.05) is 0 Å². The number of fused-ring (bicyclic) bond motifs is 1. The molecule has 0 saturated heterocycles. The van der Waals surface area contributed by atoms with Gasteiger partial charge in [0.25, 0.3) is 0 Å². The third kappa shape index (κ3) is 1.71. The third-order valence-corrected chi connectivity index (χ3v) is 3.14. The van der Waals surface area contributed by atoms with Gasteiger partial charge in [0.1, 0.15) is 0 Å². The molecule has 16 heavy (non-hydrogen) atoms. The van der Waals surface area contributed by atoms with E-state index in [0.29, 0.717) is 0 Å². The minimum absolute atomic E-state index is 1.00. The molecule has 2 heteroatoms. The van der Waals surface area contributed by atoms with Crippen molar-refractivity contribution in [3.63, 3.8) is 0 Å². The van der Waals surface area contributed by atoms with Crippen molar-refractivity contribution in [1.29, 1.82) is 0 Å². The summed E-state index contributed by atoms with van der Waals surface area (Å²) in [5.74, 6) is 0. The fraction of sp³-hybridized carbons (Fsp3) is 0.286. The summed E-state index contributed by atoms with van der Waals surface area (Å²) in [4.78, 5) is 0. The monoisotopic (exact) mass is 210 g/mol. The first-order valence-corrected chi connectivity index (χ1v) is 5.84. The molecule has 0 saturated carbocycles. The van der Waals surface area contributed by atoms with E-state index in [9.17, 15) is 0 Å². The molecule has 0 radical (unpaired) electrons. The summed E-state index contributed by atoms with van der Waals surface area (Å²) >= 11 is 0. The summed E-state index contributed by atoms with van der Waals surface area (Å²) in [5, 5.41) is 8.66. The van der Waals surface area contributed by atoms with Crippen molar-refractivity contribution in [2.45, 2.75) is 25.7 Å². The highest BCUT2D eigenvalue weighted by molar-refractivity contribution is 5.59. The molecule has 0 N–H and O–H groups in total. The van der Waals surface area contributed by atoms with Crippen molar-refractivity contribution >= 4 is 0 Å². The quantitative estimate of drug-likeness (QED) is 0.723. The van der Waals surface area contributed by atoms with Crippen LogP contribution in [-0.2, 0) is 12.8 Å². The lowest BCUT2D eigenvalue weighted by atomic mass is 9.95. The maximum absolute atomic E-state index is 4.35. The second-order valence-corrected chi connectivity index (χ2v) is 4.27. The van der Waals surface area contributed by atoms with Gasteiger partial charge in [0, 0.05) is 5.56 Å². The van der Waals surface area contributed by atoms with Gasteiger partial charge in [0.05, 0.1) is 11.4 Å². The molecule has 1 aliphatic carbocycles. The Morgan fingerprint density at radius 1 is 0.875 bits per heavy atom. The topological polar surface area (TPSA) is 25.8 Å². The zero-order chi connectivity index (χ0) is 10.8. The van der Waals surface area contributed by atoms with Crippen LogP contribution in [0.5, 0.6) is 0 Å². The van der Waals surface area contributed by atoms with Gasteiger partial charge in [-0.1, -0.05) is 30.3 Å². The third-order valence-electron chi connectivity index (χ3n) is 3.14. The van der Waals surface area contributed by atoms with Gasteiger partial charge in [-0.2, -0.15) is 10.2 Å². The highest BCUT2D eigenvalue weighted by Gasteiger charge is 2.12. The van der Waals surface area contributed by atoms with Gasteiger partial charge >= 0.3 is 0 Å². The van der Waals surface area contributed by atoms with Gasteiger partial charge in [-0.15, -0.1) is 0 Å². The van der Waals surface area contributed by atoms with E-state index in [1.807, 2.05) is 18.2 Å². The predicted octanol–water partition coefficient (Wildman–Crippen LogP) is 3.02. The molecule has 0 bridgehead atoms. The predicted molar refractivity (Wildman–Crippen MR) is 64.1 cm³/mol. The maximum Gasteiger partial charge on any atom is 0.0932 e. The Morgan fingerprint density at radius 2 is 1.69 bits per heavy atom. The number of nitrogens with zero attached hydrogens (tertiary/aromatic N) is 2. The number of hydrogen-bond donors (Lipinski definition) is 0. The molecular weight excluding hydrogens is 196 g/mol. The molecule has 0 unspecified atom stereocenters. The Hall–Kier alpha value is -1.70. The maximum atomic E-state index is 4.35. The molecule has 0 amide bonds. The molecular formula is C14H14N2. The summed E-state index contributed by atoms with van der Waals surface area (Å²) in [7, 11) is 0. The molecule has 80 valence electrons. The van der Waals surface area contributed by atoms with Crippen LogP contribution in [0.15, 0.2) is 36.4 Å². The summed E-state index contributed by atoms with van der Waals surface area (Å²) in [6.45, 7) is 0. The Morgan fingerprint density at radius 3 is 2.56 bits per heavy atom. The lowest BCUT2D eigenvalue weighted by molar-refractivity contribution is 0.655.